The van der Waals surface area contributed by atoms with Crippen LogP contribution in [0, 0.1) is 0 Å². The van der Waals surface area contributed by atoms with Gasteiger partial charge < -0.3 is 54.0 Å². The van der Waals surface area contributed by atoms with E-state index in [1.54, 1.807) is 0 Å². The molecule has 0 fully saturated rings. The van der Waals surface area contributed by atoms with Crippen LogP contribution in [0.1, 0.15) is 19.3 Å². The molecule has 0 saturated carbocycles. The van der Waals surface area contributed by atoms with Crippen molar-refractivity contribution in [2.45, 2.75) is 25.3 Å². The highest BCUT2D eigenvalue weighted by Crippen LogP contribution is 1.97. The maximum absolute atomic E-state index is 12.0. The summed E-state index contributed by atoms with van der Waals surface area (Å²) in [6.07, 6.45) is 1.02. The molecular formula is C28H55N4O14S+. The topological polar surface area (TPSA) is 237 Å². The van der Waals surface area contributed by atoms with Crippen LogP contribution >= 0.6 is 0 Å². The van der Waals surface area contributed by atoms with E-state index in [1.807, 2.05) is 14.1 Å². The van der Waals surface area contributed by atoms with E-state index in [1.165, 1.54) is 7.11 Å². The highest BCUT2D eigenvalue weighted by atomic mass is 32.2. The number of methoxy groups -OCH3 is 1. The minimum absolute atomic E-state index is 0.0665. The van der Waals surface area contributed by atoms with E-state index in [4.69, 9.17) is 38.7 Å². The first-order valence-electron chi connectivity index (χ1n) is 15.4. The second-order valence-corrected chi connectivity index (χ2v) is 12.4. The van der Waals surface area contributed by atoms with Crippen molar-refractivity contribution >= 4 is 33.7 Å². The van der Waals surface area contributed by atoms with Crippen molar-refractivity contribution in [2.75, 3.05) is 132 Å². The summed E-state index contributed by atoms with van der Waals surface area (Å²) in [6, 6.07) is -1.38. The molecule has 0 aliphatic carbocycles. The summed E-state index contributed by atoms with van der Waals surface area (Å²) in [6.45, 7) is 4.99. The molecule has 0 rings (SSSR count). The third kappa shape index (κ3) is 30.7. The van der Waals surface area contributed by atoms with Crippen molar-refractivity contribution in [1.82, 2.24) is 10.6 Å². The van der Waals surface area contributed by atoms with E-state index in [0.717, 1.165) is 6.54 Å². The Labute approximate surface area is 277 Å². The molecule has 0 aliphatic rings. The molecule has 0 aliphatic heterocycles. The number of rotatable bonds is 32. The van der Waals surface area contributed by atoms with Gasteiger partial charge in [-0.1, -0.05) is 0 Å². The van der Waals surface area contributed by atoms with E-state index >= 15 is 0 Å². The number of nitrogens with two attached hydrogens (primary N) is 1. The van der Waals surface area contributed by atoms with Crippen LogP contribution in [0.5, 0.6) is 0 Å². The summed E-state index contributed by atoms with van der Waals surface area (Å²) in [7, 11) is 1.08. The minimum Gasteiger partial charge on any atom is -0.469 e. The van der Waals surface area contributed by atoms with Crippen molar-refractivity contribution in [3.05, 3.63) is 0 Å². The Balaban J connectivity index is 3.56. The molecular weight excluding hydrogens is 648 g/mol. The number of Topliss-reactive ketones (excluding diaryl/α,β-unsaturated/α-hetero) is 1. The number of amides is 2. The van der Waals surface area contributed by atoms with Gasteiger partial charge in [-0.3, -0.25) is 23.7 Å². The number of hydrogen-bond donors (Lipinski definition) is 4. The molecule has 0 radical (unpaired) electrons. The monoisotopic (exact) mass is 703 g/mol. The number of likely N-dealkylation sites (N-methyl/N-ethyl adjacent to an activating group) is 1. The standard InChI is InChI=1S/C28H54N4O14S/c1-32(2,10-14-44-16-15-42-12-6-27(35)40-3)9-7-30-26(34)22-46-20-17-41-11-4-5-24(33)21-45-19-18-43-13-8-31-28(36)25(29)23-47(37,38)39/h25H,4-23,29H2,1-3H3,(H2-,30,31,34,36,37,38,39)/p+1. The Morgan fingerprint density at radius 2 is 1.30 bits per heavy atom. The van der Waals surface area contributed by atoms with E-state index in [2.05, 4.69) is 15.4 Å². The Morgan fingerprint density at radius 1 is 0.723 bits per heavy atom. The molecule has 276 valence electrons. The largest absolute Gasteiger partial charge is 0.469 e. The number of ketones is 1. The Kier molecular flexibility index (Phi) is 26.2. The summed E-state index contributed by atoms with van der Waals surface area (Å²) in [5.74, 6) is -2.21. The number of carbonyl (C=O) groups is 4. The number of ether oxygens (including phenoxy) is 7. The lowest BCUT2D eigenvalue weighted by atomic mass is 10.2. The van der Waals surface area contributed by atoms with Crippen molar-refractivity contribution in [3.63, 3.8) is 0 Å². The molecule has 47 heavy (non-hydrogen) atoms. The van der Waals surface area contributed by atoms with Crippen molar-refractivity contribution in [3.8, 4) is 0 Å². The Hall–Kier alpha value is -2.33. The van der Waals surface area contributed by atoms with Crippen molar-refractivity contribution < 1.29 is 69.8 Å². The number of carbonyl (C=O) groups excluding carboxylic acids is 4. The van der Waals surface area contributed by atoms with Crippen LogP contribution < -0.4 is 16.4 Å². The predicted molar refractivity (Wildman–Crippen MR) is 168 cm³/mol. The van der Waals surface area contributed by atoms with E-state index in [0.29, 0.717) is 63.6 Å². The molecule has 2 amide bonds. The Bertz CT molecular complexity index is 984. The summed E-state index contributed by atoms with van der Waals surface area (Å²) in [5.41, 5.74) is 5.36. The molecule has 1 unspecified atom stereocenters. The number of nitrogens with zero attached hydrogens (tertiary/aromatic N) is 1. The van der Waals surface area contributed by atoms with Gasteiger partial charge in [0.25, 0.3) is 10.1 Å². The molecule has 0 aromatic rings. The first-order valence-corrected chi connectivity index (χ1v) is 17.0. The lowest BCUT2D eigenvalue weighted by molar-refractivity contribution is -0.889. The minimum atomic E-state index is -4.34. The number of esters is 1. The first-order chi connectivity index (χ1) is 22.3. The average molecular weight is 704 g/mol. The molecule has 0 aromatic heterocycles. The SMILES string of the molecule is COC(=O)CCOCCOCC[N+](C)(C)CCNC(=O)COCCOCCCC(=O)COCCOCCNC(=O)C(N)CS(=O)(=O)O. The zero-order valence-corrected chi connectivity index (χ0v) is 28.7. The number of hydrogen-bond acceptors (Lipinski definition) is 14. The molecule has 5 N–H and O–H groups in total. The van der Waals surface area contributed by atoms with Crippen LogP contribution in [-0.2, 0) is 62.5 Å². The lowest BCUT2D eigenvalue weighted by Gasteiger charge is -2.29. The predicted octanol–water partition coefficient (Wildman–Crippen LogP) is -2.48. The molecule has 0 aromatic carbocycles. The molecule has 1 atom stereocenters. The smallest absolute Gasteiger partial charge is 0.307 e. The fraction of sp³-hybridized carbons (Fsp3) is 0.857. The molecule has 18 nitrogen and oxygen atoms in total. The van der Waals surface area contributed by atoms with Gasteiger partial charge >= 0.3 is 5.97 Å². The third-order valence-corrected chi connectivity index (χ3v) is 6.97. The summed E-state index contributed by atoms with van der Waals surface area (Å²) >= 11 is 0. The zero-order chi connectivity index (χ0) is 35.4. The van der Waals surface area contributed by atoms with Gasteiger partial charge in [0, 0.05) is 19.6 Å². The molecule has 0 saturated heterocycles. The lowest BCUT2D eigenvalue weighted by Crippen LogP contribution is -2.47. The fourth-order valence-electron chi connectivity index (χ4n) is 3.47. The van der Waals surface area contributed by atoms with Gasteiger partial charge in [-0.2, -0.15) is 8.42 Å². The maximum Gasteiger partial charge on any atom is 0.307 e. The van der Waals surface area contributed by atoms with Crippen molar-refractivity contribution in [2.24, 2.45) is 5.73 Å². The van der Waals surface area contributed by atoms with Crippen LogP contribution in [0.2, 0.25) is 0 Å². The average Bonchev–Trinajstić information content (AvgIpc) is 2.99. The Morgan fingerprint density at radius 3 is 1.94 bits per heavy atom. The maximum atomic E-state index is 12.0. The van der Waals surface area contributed by atoms with Gasteiger partial charge in [0.2, 0.25) is 11.8 Å². The first kappa shape index (κ1) is 44.7. The van der Waals surface area contributed by atoms with Crippen molar-refractivity contribution in [1.29, 1.82) is 0 Å². The van der Waals surface area contributed by atoms with Crippen LogP contribution in [0.15, 0.2) is 0 Å². The molecule has 19 heteroatoms. The summed E-state index contributed by atoms with van der Waals surface area (Å²) in [5, 5.41) is 5.21. The molecule has 0 heterocycles. The summed E-state index contributed by atoms with van der Waals surface area (Å²) in [4.78, 5) is 46.4. The van der Waals surface area contributed by atoms with E-state index in [-0.39, 0.29) is 76.7 Å². The normalized spacial score (nSPS) is 12.4. The van der Waals surface area contributed by atoms with Crippen LogP contribution in [0.4, 0.5) is 0 Å². The highest BCUT2D eigenvalue weighted by molar-refractivity contribution is 7.85. The second kappa shape index (κ2) is 27.6. The van der Waals surface area contributed by atoms with Gasteiger partial charge in [0.05, 0.1) is 106 Å². The van der Waals surface area contributed by atoms with Crippen LogP contribution in [0.25, 0.3) is 0 Å². The summed E-state index contributed by atoms with van der Waals surface area (Å²) < 4.78 is 67.4. The second-order valence-electron chi connectivity index (χ2n) is 10.9. The van der Waals surface area contributed by atoms with Gasteiger partial charge in [-0.25, -0.2) is 0 Å². The van der Waals surface area contributed by atoms with Gasteiger partial charge in [0.1, 0.15) is 25.8 Å². The van der Waals surface area contributed by atoms with Gasteiger partial charge in [-0.15, -0.1) is 0 Å². The number of nitrogens with one attached hydrogen (secondary N) is 2. The molecule has 0 spiro atoms. The number of quaternary nitrogens is 1. The highest BCUT2D eigenvalue weighted by Gasteiger charge is 2.19. The van der Waals surface area contributed by atoms with Gasteiger partial charge in [0.15, 0.2) is 5.78 Å². The quantitative estimate of drug-likeness (QED) is 0.0246. The van der Waals surface area contributed by atoms with Gasteiger partial charge in [-0.05, 0) is 6.42 Å². The fourth-order valence-corrected chi connectivity index (χ4v) is 4.07. The van der Waals surface area contributed by atoms with Crippen LogP contribution in [0.3, 0.4) is 0 Å². The zero-order valence-electron chi connectivity index (χ0n) is 27.9. The third-order valence-electron chi connectivity index (χ3n) is 6.19. The van der Waals surface area contributed by atoms with E-state index < -0.39 is 27.8 Å². The van der Waals surface area contributed by atoms with Crippen LogP contribution in [-0.4, -0.2) is 179 Å². The molecule has 0 bridgehead atoms. The van der Waals surface area contributed by atoms with E-state index in [9.17, 15) is 27.6 Å².